The van der Waals surface area contributed by atoms with Gasteiger partial charge < -0.3 is 15.4 Å². The maximum absolute atomic E-state index is 11.9. The Morgan fingerprint density at radius 3 is 2.35 bits per heavy atom. The number of ether oxygens (including phenoxy) is 1. The zero-order chi connectivity index (χ0) is 15.1. The minimum atomic E-state index is -0.673. The van der Waals surface area contributed by atoms with Crippen molar-refractivity contribution < 1.29 is 14.3 Å². The van der Waals surface area contributed by atoms with Crippen molar-refractivity contribution in [1.82, 2.24) is 10.6 Å². The lowest BCUT2D eigenvalue weighted by molar-refractivity contribution is -0.132. The smallest absolute Gasteiger partial charge is 0.261 e. The molecule has 0 radical (unpaired) electrons. The van der Waals surface area contributed by atoms with Crippen LogP contribution in [0.15, 0.2) is 28.7 Å². The summed E-state index contributed by atoms with van der Waals surface area (Å²) in [7, 11) is 0. The molecule has 110 valence electrons. The van der Waals surface area contributed by atoms with Crippen molar-refractivity contribution in [3.05, 3.63) is 28.7 Å². The maximum Gasteiger partial charge on any atom is 0.261 e. The van der Waals surface area contributed by atoms with Crippen LogP contribution in [0.5, 0.6) is 5.75 Å². The predicted octanol–water partition coefficient (Wildman–Crippen LogP) is 1.86. The molecule has 0 aliphatic carbocycles. The molecule has 0 saturated heterocycles. The third-order valence-corrected chi connectivity index (χ3v) is 3.13. The molecule has 0 fully saturated rings. The lowest BCUT2D eigenvalue weighted by Gasteiger charge is -2.18. The molecule has 0 aromatic heterocycles. The summed E-state index contributed by atoms with van der Waals surface area (Å²) in [4.78, 5) is 23.4. The summed E-state index contributed by atoms with van der Waals surface area (Å²) < 4.78 is 6.44. The minimum Gasteiger partial charge on any atom is -0.481 e. The standard InChI is InChI=1S/C14H19BrN2O3/c1-4-16-13(18)9(2)17-14(19)10(3)20-12-7-5-11(15)6-8-12/h5-10H,4H2,1-3H3,(H,16,18)(H,17,19). The second kappa shape index (κ2) is 7.89. The van der Waals surface area contributed by atoms with Crippen molar-refractivity contribution in [2.24, 2.45) is 0 Å². The number of likely N-dealkylation sites (N-methyl/N-ethyl adjacent to an activating group) is 1. The molecule has 0 spiro atoms. The molecule has 6 heteroatoms. The zero-order valence-electron chi connectivity index (χ0n) is 11.8. The number of carbonyl (C=O) groups is 2. The van der Waals surface area contributed by atoms with E-state index in [2.05, 4.69) is 26.6 Å². The highest BCUT2D eigenvalue weighted by Gasteiger charge is 2.20. The van der Waals surface area contributed by atoms with E-state index in [-0.39, 0.29) is 11.8 Å². The highest BCUT2D eigenvalue weighted by molar-refractivity contribution is 9.10. The fourth-order valence-electron chi connectivity index (χ4n) is 1.49. The van der Waals surface area contributed by atoms with Crippen LogP contribution in [0.1, 0.15) is 20.8 Å². The zero-order valence-corrected chi connectivity index (χ0v) is 13.4. The van der Waals surface area contributed by atoms with Crippen LogP contribution in [0, 0.1) is 0 Å². The molecule has 1 rings (SSSR count). The van der Waals surface area contributed by atoms with Crippen LogP contribution >= 0.6 is 15.9 Å². The Labute approximate surface area is 127 Å². The van der Waals surface area contributed by atoms with Crippen LogP contribution in [0.25, 0.3) is 0 Å². The largest absolute Gasteiger partial charge is 0.481 e. The first-order valence-electron chi connectivity index (χ1n) is 6.44. The van der Waals surface area contributed by atoms with E-state index in [1.807, 2.05) is 19.1 Å². The molecule has 5 nitrogen and oxygen atoms in total. The summed E-state index contributed by atoms with van der Waals surface area (Å²) >= 11 is 3.32. The first-order valence-corrected chi connectivity index (χ1v) is 7.23. The number of nitrogens with one attached hydrogen (secondary N) is 2. The van der Waals surface area contributed by atoms with Crippen LogP contribution in [0.4, 0.5) is 0 Å². The summed E-state index contributed by atoms with van der Waals surface area (Å²) in [6, 6.07) is 6.61. The van der Waals surface area contributed by atoms with Gasteiger partial charge in [-0.25, -0.2) is 0 Å². The highest BCUT2D eigenvalue weighted by Crippen LogP contribution is 2.17. The molecule has 0 aliphatic heterocycles. The number of hydrogen-bond acceptors (Lipinski definition) is 3. The Balaban J connectivity index is 2.50. The molecule has 1 aromatic carbocycles. The Bertz CT molecular complexity index is 462. The van der Waals surface area contributed by atoms with Gasteiger partial charge in [0.05, 0.1) is 0 Å². The average Bonchev–Trinajstić information content (AvgIpc) is 2.41. The summed E-state index contributed by atoms with van der Waals surface area (Å²) in [5.41, 5.74) is 0. The van der Waals surface area contributed by atoms with Gasteiger partial charge in [0.2, 0.25) is 5.91 Å². The van der Waals surface area contributed by atoms with Crippen LogP contribution in [-0.4, -0.2) is 30.5 Å². The monoisotopic (exact) mass is 342 g/mol. The second-order valence-electron chi connectivity index (χ2n) is 4.34. The van der Waals surface area contributed by atoms with Gasteiger partial charge in [0.1, 0.15) is 11.8 Å². The first-order chi connectivity index (χ1) is 9.43. The number of carbonyl (C=O) groups excluding carboxylic acids is 2. The van der Waals surface area contributed by atoms with E-state index in [1.54, 1.807) is 26.0 Å². The molecule has 0 bridgehead atoms. The molecular formula is C14H19BrN2O3. The molecule has 0 heterocycles. The van der Waals surface area contributed by atoms with Crippen molar-refractivity contribution in [3.8, 4) is 5.75 Å². The minimum absolute atomic E-state index is 0.211. The van der Waals surface area contributed by atoms with Crippen LogP contribution in [0.2, 0.25) is 0 Å². The Morgan fingerprint density at radius 2 is 1.80 bits per heavy atom. The van der Waals surface area contributed by atoms with Gasteiger partial charge in [0, 0.05) is 11.0 Å². The van der Waals surface area contributed by atoms with Gasteiger partial charge in [-0.05, 0) is 45.0 Å². The summed E-state index contributed by atoms with van der Waals surface area (Å²) in [5.74, 6) is 0.0601. The van der Waals surface area contributed by atoms with Gasteiger partial charge >= 0.3 is 0 Å². The van der Waals surface area contributed by atoms with E-state index in [0.717, 1.165) is 4.47 Å². The fraction of sp³-hybridized carbons (Fsp3) is 0.429. The molecule has 2 unspecified atom stereocenters. The molecule has 0 aliphatic rings. The number of halogens is 1. The van der Waals surface area contributed by atoms with E-state index in [1.165, 1.54) is 0 Å². The lowest BCUT2D eigenvalue weighted by atomic mass is 10.2. The Morgan fingerprint density at radius 1 is 1.20 bits per heavy atom. The van der Waals surface area contributed by atoms with Crippen molar-refractivity contribution >= 4 is 27.7 Å². The number of amides is 2. The quantitative estimate of drug-likeness (QED) is 0.829. The van der Waals surface area contributed by atoms with Crippen molar-refractivity contribution in [2.45, 2.75) is 32.9 Å². The molecule has 20 heavy (non-hydrogen) atoms. The number of hydrogen-bond donors (Lipinski definition) is 2. The summed E-state index contributed by atoms with van der Waals surface area (Å²) in [5, 5.41) is 5.26. The SMILES string of the molecule is CCNC(=O)C(C)NC(=O)C(C)Oc1ccc(Br)cc1. The molecule has 1 aromatic rings. The lowest BCUT2D eigenvalue weighted by Crippen LogP contribution is -2.48. The Hall–Kier alpha value is -1.56. The van der Waals surface area contributed by atoms with Crippen LogP contribution in [-0.2, 0) is 9.59 Å². The molecule has 2 N–H and O–H groups in total. The van der Waals surface area contributed by atoms with Gasteiger partial charge in [0.25, 0.3) is 5.91 Å². The molecule has 2 amide bonds. The van der Waals surface area contributed by atoms with Gasteiger partial charge in [0.15, 0.2) is 6.10 Å². The summed E-state index contributed by atoms with van der Waals surface area (Å²) in [6.45, 7) is 5.63. The highest BCUT2D eigenvalue weighted by atomic mass is 79.9. The second-order valence-corrected chi connectivity index (χ2v) is 5.25. The Kier molecular flexibility index (Phi) is 6.51. The van der Waals surface area contributed by atoms with E-state index in [0.29, 0.717) is 12.3 Å². The normalized spacial score (nSPS) is 13.2. The van der Waals surface area contributed by atoms with Gasteiger partial charge in [-0.15, -0.1) is 0 Å². The first kappa shape index (κ1) is 16.5. The van der Waals surface area contributed by atoms with Crippen molar-refractivity contribution in [3.63, 3.8) is 0 Å². The third kappa shape index (κ3) is 5.21. The summed E-state index contributed by atoms with van der Waals surface area (Å²) in [6.07, 6.45) is -0.673. The van der Waals surface area contributed by atoms with Crippen LogP contribution in [0.3, 0.4) is 0 Å². The maximum atomic E-state index is 11.9. The van der Waals surface area contributed by atoms with Crippen molar-refractivity contribution in [1.29, 1.82) is 0 Å². The van der Waals surface area contributed by atoms with Gasteiger partial charge in [-0.2, -0.15) is 0 Å². The topological polar surface area (TPSA) is 67.4 Å². The van der Waals surface area contributed by atoms with E-state index in [9.17, 15) is 9.59 Å². The van der Waals surface area contributed by atoms with E-state index >= 15 is 0 Å². The van der Waals surface area contributed by atoms with Gasteiger partial charge in [-0.3, -0.25) is 9.59 Å². The van der Waals surface area contributed by atoms with Gasteiger partial charge in [-0.1, -0.05) is 15.9 Å². The molecule has 2 atom stereocenters. The van der Waals surface area contributed by atoms with E-state index in [4.69, 9.17) is 4.74 Å². The predicted molar refractivity (Wildman–Crippen MR) is 80.5 cm³/mol. The third-order valence-electron chi connectivity index (χ3n) is 2.60. The fourth-order valence-corrected chi connectivity index (χ4v) is 1.76. The average molecular weight is 343 g/mol. The number of rotatable bonds is 6. The molecular weight excluding hydrogens is 324 g/mol. The van der Waals surface area contributed by atoms with E-state index < -0.39 is 12.1 Å². The van der Waals surface area contributed by atoms with Crippen molar-refractivity contribution in [2.75, 3.05) is 6.54 Å². The van der Waals surface area contributed by atoms with Crippen LogP contribution < -0.4 is 15.4 Å². The number of benzene rings is 1. The molecule has 0 saturated carbocycles.